The van der Waals surface area contributed by atoms with Crippen LogP contribution in [-0.2, 0) is 29.0 Å². The minimum atomic E-state index is -2.63. The molecule has 0 radical (unpaired) electrons. The van der Waals surface area contributed by atoms with Gasteiger partial charge in [-0.1, -0.05) is 35.9 Å². The molecule has 0 bridgehead atoms. The average molecular weight is 548 g/mol. The molecule has 0 N–H and O–H groups in total. The number of aromatic nitrogens is 4. The molecular formula is C26H28ClF2N5O4. The summed E-state index contributed by atoms with van der Waals surface area (Å²) in [5.41, 5.74) is 1.83. The van der Waals surface area contributed by atoms with Gasteiger partial charge in [0.2, 0.25) is 0 Å². The van der Waals surface area contributed by atoms with Crippen LogP contribution < -0.4 is 10.5 Å². The molecule has 0 spiro atoms. The lowest BCUT2D eigenvalue weighted by Gasteiger charge is -2.30. The lowest BCUT2D eigenvalue weighted by Crippen LogP contribution is -2.36. The quantitative estimate of drug-likeness (QED) is 0.402. The van der Waals surface area contributed by atoms with Gasteiger partial charge in [-0.3, -0.25) is 9.48 Å². The smallest absolute Gasteiger partial charge is 0.359 e. The van der Waals surface area contributed by atoms with Crippen LogP contribution in [0.2, 0.25) is 5.02 Å². The van der Waals surface area contributed by atoms with Crippen molar-refractivity contribution in [1.82, 2.24) is 19.6 Å². The van der Waals surface area contributed by atoms with Gasteiger partial charge in [0, 0.05) is 42.9 Å². The molecule has 1 aromatic carbocycles. The van der Waals surface area contributed by atoms with Crippen LogP contribution in [0.1, 0.15) is 71.7 Å². The molecule has 1 saturated heterocycles. The highest BCUT2D eigenvalue weighted by molar-refractivity contribution is 6.33. The van der Waals surface area contributed by atoms with Crippen molar-refractivity contribution in [2.45, 2.75) is 58.3 Å². The Kier molecular flexibility index (Phi) is 7.75. The maximum Gasteiger partial charge on any atom is 0.359 e. The van der Waals surface area contributed by atoms with Crippen LogP contribution in [0.4, 0.5) is 14.5 Å². The zero-order valence-corrected chi connectivity index (χ0v) is 21.7. The SMILES string of the molecule is CCOC(=O)c1nn(Cc2ccccc2C(F)F)c2c1CN(c1cnn(C3CCCCO3)c(=O)c1Cl)CC2. The van der Waals surface area contributed by atoms with Gasteiger partial charge in [0.15, 0.2) is 11.9 Å². The number of anilines is 1. The molecule has 0 saturated carbocycles. The number of fused-ring (bicyclic) bond motifs is 1. The first kappa shape index (κ1) is 26.3. The number of esters is 1. The zero-order chi connectivity index (χ0) is 26.8. The van der Waals surface area contributed by atoms with E-state index in [1.165, 1.54) is 10.7 Å². The fraction of sp³-hybridized carbons (Fsp3) is 0.462. The molecule has 2 aliphatic heterocycles. The first-order chi connectivity index (χ1) is 18.4. The lowest BCUT2D eigenvalue weighted by atomic mass is 10.0. The average Bonchev–Trinajstić information content (AvgIpc) is 3.28. The van der Waals surface area contributed by atoms with Gasteiger partial charge >= 0.3 is 5.97 Å². The predicted octanol–water partition coefficient (Wildman–Crippen LogP) is 4.52. The van der Waals surface area contributed by atoms with Gasteiger partial charge in [0.25, 0.3) is 12.0 Å². The Morgan fingerprint density at radius 1 is 1.29 bits per heavy atom. The molecule has 38 heavy (non-hydrogen) atoms. The van der Waals surface area contributed by atoms with E-state index in [1.807, 2.05) is 4.90 Å². The molecule has 1 atom stereocenters. The fourth-order valence-corrected chi connectivity index (χ4v) is 5.28. The van der Waals surface area contributed by atoms with Crippen LogP contribution in [0, 0.1) is 0 Å². The van der Waals surface area contributed by atoms with Crippen molar-refractivity contribution < 1.29 is 23.0 Å². The minimum Gasteiger partial charge on any atom is -0.461 e. The highest BCUT2D eigenvalue weighted by Gasteiger charge is 2.31. The van der Waals surface area contributed by atoms with E-state index in [4.69, 9.17) is 21.1 Å². The number of rotatable bonds is 7. The summed E-state index contributed by atoms with van der Waals surface area (Å²) in [7, 11) is 0. The molecule has 2 aliphatic rings. The second kappa shape index (κ2) is 11.2. The third-order valence-electron chi connectivity index (χ3n) is 6.91. The summed E-state index contributed by atoms with van der Waals surface area (Å²) < 4.78 is 41.0. The largest absolute Gasteiger partial charge is 0.461 e. The Hall–Kier alpha value is -3.31. The number of hydrogen-bond donors (Lipinski definition) is 0. The molecule has 4 heterocycles. The fourth-order valence-electron chi connectivity index (χ4n) is 5.02. The Morgan fingerprint density at radius 3 is 2.84 bits per heavy atom. The lowest BCUT2D eigenvalue weighted by molar-refractivity contribution is -0.0424. The second-order valence-corrected chi connectivity index (χ2v) is 9.62. The van der Waals surface area contributed by atoms with Crippen molar-refractivity contribution in [2.24, 2.45) is 0 Å². The molecule has 1 unspecified atom stereocenters. The van der Waals surface area contributed by atoms with Crippen LogP contribution in [0.5, 0.6) is 0 Å². The van der Waals surface area contributed by atoms with Gasteiger partial charge in [-0.05, 0) is 31.7 Å². The van der Waals surface area contributed by atoms with Crippen molar-refractivity contribution in [2.75, 3.05) is 24.7 Å². The predicted molar refractivity (Wildman–Crippen MR) is 136 cm³/mol. The first-order valence-electron chi connectivity index (χ1n) is 12.6. The van der Waals surface area contributed by atoms with E-state index in [-0.39, 0.29) is 36.0 Å². The molecule has 12 heteroatoms. The van der Waals surface area contributed by atoms with Crippen molar-refractivity contribution in [3.05, 3.63) is 73.9 Å². The molecular weight excluding hydrogens is 520 g/mol. The third-order valence-corrected chi connectivity index (χ3v) is 7.26. The van der Waals surface area contributed by atoms with Crippen molar-refractivity contribution in [3.8, 4) is 0 Å². The minimum absolute atomic E-state index is 0.0218. The summed E-state index contributed by atoms with van der Waals surface area (Å²) in [5.74, 6) is -0.597. The summed E-state index contributed by atoms with van der Waals surface area (Å²) in [6, 6.07) is 6.28. The summed E-state index contributed by atoms with van der Waals surface area (Å²) >= 11 is 6.54. The van der Waals surface area contributed by atoms with Gasteiger partial charge in [-0.15, -0.1) is 0 Å². The summed E-state index contributed by atoms with van der Waals surface area (Å²) in [6.45, 7) is 3.20. The maximum atomic E-state index is 13.6. The normalized spacial score (nSPS) is 17.5. The molecule has 9 nitrogen and oxygen atoms in total. The number of benzene rings is 1. The van der Waals surface area contributed by atoms with Gasteiger partial charge < -0.3 is 14.4 Å². The van der Waals surface area contributed by atoms with Gasteiger partial charge in [0.1, 0.15) is 5.02 Å². The van der Waals surface area contributed by atoms with Crippen LogP contribution in [-0.4, -0.2) is 45.3 Å². The Labute approximate surface area is 222 Å². The summed E-state index contributed by atoms with van der Waals surface area (Å²) in [6.07, 6.45) is 1.48. The standard InChI is InChI=1S/C26H28ClF2N5O4/c1-2-37-26(36)23-18-15-32(20-13-30-34(25(35)22(20)27)21-9-5-6-12-38-21)11-10-19(18)33(31-23)14-16-7-3-4-8-17(16)24(28)29/h3-4,7-8,13,21,24H,2,5-6,9-12,14-15H2,1H3. The molecule has 5 rings (SSSR count). The van der Waals surface area contributed by atoms with Crippen molar-refractivity contribution in [1.29, 1.82) is 0 Å². The van der Waals surface area contributed by atoms with Gasteiger partial charge in [-0.2, -0.15) is 14.9 Å². The highest BCUT2D eigenvalue weighted by atomic mass is 35.5. The molecule has 2 aromatic heterocycles. The van der Waals surface area contributed by atoms with E-state index in [0.717, 1.165) is 18.5 Å². The van der Waals surface area contributed by atoms with E-state index in [9.17, 15) is 18.4 Å². The van der Waals surface area contributed by atoms with E-state index in [1.54, 1.807) is 36.0 Å². The van der Waals surface area contributed by atoms with E-state index in [2.05, 4.69) is 10.2 Å². The molecule has 3 aromatic rings. The highest BCUT2D eigenvalue weighted by Crippen LogP contribution is 2.32. The van der Waals surface area contributed by atoms with Crippen LogP contribution >= 0.6 is 11.6 Å². The molecule has 0 amide bonds. The topological polar surface area (TPSA) is 91.5 Å². The van der Waals surface area contributed by atoms with E-state index >= 15 is 0 Å². The number of halogens is 3. The monoisotopic (exact) mass is 547 g/mol. The molecule has 1 fully saturated rings. The van der Waals surface area contributed by atoms with Crippen LogP contribution in [0.3, 0.4) is 0 Å². The van der Waals surface area contributed by atoms with Crippen molar-refractivity contribution >= 4 is 23.3 Å². The van der Waals surface area contributed by atoms with E-state index in [0.29, 0.717) is 42.8 Å². The third kappa shape index (κ3) is 5.04. The first-order valence-corrected chi connectivity index (χ1v) is 13.0. The molecule has 0 aliphatic carbocycles. The van der Waals surface area contributed by atoms with Crippen molar-refractivity contribution in [3.63, 3.8) is 0 Å². The summed E-state index contributed by atoms with van der Waals surface area (Å²) in [4.78, 5) is 27.7. The Bertz CT molecular complexity index is 1390. The second-order valence-electron chi connectivity index (χ2n) is 9.24. The maximum absolute atomic E-state index is 13.6. The Morgan fingerprint density at radius 2 is 2.11 bits per heavy atom. The van der Waals surface area contributed by atoms with E-state index < -0.39 is 24.2 Å². The number of carbonyl (C=O) groups excluding carboxylic acids is 1. The Balaban J connectivity index is 1.48. The molecule has 202 valence electrons. The number of ether oxygens (including phenoxy) is 2. The number of nitrogens with zero attached hydrogens (tertiary/aromatic N) is 5. The number of alkyl halides is 2. The van der Waals surface area contributed by atoms with Gasteiger partial charge in [0.05, 0.1) is 25.0 Å². The van der Waals surface area contributed by atoms with Gasteiger partial charge in [-0.25, -0.2) is 13.6 Å². The zero-order valence-electron chi connectivity index (χ0n) is 20.9. The van der Waals surface area contributed by atoms with Crippen LogP contribution in [0.15, 0.2) is 35.3 Å². The van der Waals surface area contributed by atoms with Crippen LogP contribution in [0.25, 0.3) is 0 Å². The summed E-state index contributed by atoms with van der Waals surface area (Å²) in [5, 5.41) is 8.85. The number of carbonyl (C=O) groups is 1. The number of hydrogen-bond acceptors (Lipinski definition) is 7.